The molecule has 0 amide bonds. The minimum atomic E-state index is -1.11. The maximum atomic E-state index is 13.9. The van der Waals surface area contributed by atoms with Crippen LogP contribution in [0.2, 0.25) is 5.15 Å². The molecular weight excluding hydrogens is 379 g/mol. The number of hydrogen-bond acceptors (Lipinski definition) is 6. The Morgan fingerprint density at radius 3 is 2.67 bits per heavy atom. The van der Waals surface area contributed by atoms with Crippen LogP contribution in [0, 0.1) is 22.9 Å². The Hall–Kier alpha value is -3.07. The molecule has 27 heavy (non-hydrogen) atoms. The molecule has 0 aliphatic rings. The van der Waals surface area contributed by atoms with Crippen molar-refractivity contribution < 1.29 is 14.4 Å². The highest BCUT2D eigenvalue weighted by molar-refractivity contribution is 6.30. The van der Waals surface area contributed by atoms with E-state index in [2.05, 4.69) is 9.97 Å². The first-order valence-corrected chi connectivity index (χ1v) is 8.26. The molecule has 0 radical (unpaired) electrons. The van der Waals surface area contributed by atoms with Gasteiger partial charge in [0.1, 0.15) is 0 Å². The fourth-order valence-electron chi connectivity index (χ4n) is 2.89. The van der Waals surface area contributed by atoms with Crippen molar-refractivity contribution in [1.29, 1.82) is 0 Å². The smallest absolute Gasteiger partial charge is 0.376 e. The maximum absolute atomic E-state index is 13.9. The van der Waals surface area contributed by atoms with Crippen molar-refractivity contribution in [2.75, 3.05) is 0 Å². The molecular formula is C17H14ClFN4O4. The first-order chi connectivity index (χ1) is 12.6. The lowest BCUT2D eigenvalue weighted by atomic mass is 10.0. The van der Waals surface area contributed by atoms with E-state index in [0.717, 1.165) is 10.6 Å². The van der Waals surface area contributed by atoms with E-state index in [4.69, 9.17) is 11.6 Å². The van der Waals surface area contributed by atoms with Gasteiger partial charge in [-0.2, -0.15) is 0 Å². The van der Waals surface area contributed by atoms with E-state index in [0.29, 0.717) is 11.3 Å². The zero-order valence-electron chi connectivity index (χ0n) is 14.5. The van der Waals surface area contributed by atoms with Crippen LogP contribution in [0.25, 0.3) is 16.7 Å². The van der Waals surface area contributed by atoms with Gasteiger partial charge in [0.25, 0.3) is 0 Å². The van der Waals surface area contributed by atoms with E-state index in [1.54, 1.807) is 19.2 Å². The second-order valence-corrected chi connectivity index (χ2v) is 6.60. The minimum Gasteiger partial charge on any atom is -0.501 e. The van der Waals surface area contributed by atoms with Gasteiger partial charge in [0, 0.05) is 6.20 Å². The van der Waals surface area contributed by atoms with Gasteiger partial charge in [-0.25, -0.2) is 9.37 Å². The highest BCUT2D eigenvalue weighted by Crippen LogP contribution is 2.35. The molecule has 0 unspecified atom stereocenters. The number of aromatic hydroxyl groups is 1. The fraction of sp³-hybridized carbons (Fsp3) is 0.235. The number of halogens is 2. The van der Waals surface area contributed by atoms with Crippen molar-refractivity contribution in [2.24, 2.45) is 0 Å². The Kier molecular flexibility index (Phi) is 4.56. The summed E-state index contributed by atoms with van der Waals surface area (Å²) in [5.74, 6) is -2.08. The van der Waals surface area contributed by atoms with Crippen LogP contribution in [0.3, 0.4) is 0 Å². The number of fused-ring (bicyclic) bond motifs is 1. The Labute approximate surface area is 157 Å². The van der Waals surface area contributed by atoms with Gasteiger partial charge in [-0.1, -0.05) is 25.4 Å². The van der Waals surface area contributed by atoms with Crippen molar-refractivity contribution in [3.8, 4) is 11.4 Å². The molecule has 10 heteroatoms. The molecule has 8 nitrogen and oxygen atoms in total. The Morgan fingerprint density at radius 1 is 1.41 bits per heavy atom. The third-order valence-electron chi connectivity index (χ3n) is 4.12. The highest BCUT2D eigenvalue weighted by atomic mass is 35.5. The van der Waals surface area contributed by atoms with Gasteiger partial charge >= 0.3 is 11.2 Å². The van der Waals surface area contributed by atoms with Gasteiger partial charge in [-0.15, -0.1) is 0 Å². The van der Waals surface area contributed by atoms with Crippen LogP contribution < -0.4 is 5.56 Å². The molecule has 3 aromatic rings. The lowest BCUT2D eigenvalue weighted by molar-refractivity contribution is -0.387. The average molecular weight is 393 g/mol. The molecule has 0 bridgehead atoms. The number of hydrogen-bond donors (Lipinski definition) is 1. The predicted octanol–water partition coefficient (Wildman–Crippen LogP) is 3.62. The first-order valence-electron chi connectivity index (χ1n) is 7.89. The van der Waals surface area contributed by atoms with Crippen molar-refractivity contribution in [1.82, 2.24) is 14.5 Å². The molecule has 3 aromatic heterocycles. The summed E-state index contributed by atoms with van der Waals surface area (Å²) in [6.45, 7) is 5.38. The van der Waals surface area contributed by atoms with Crippen LogP contribution in [0.1, 0.15) is 31.0 Å². The van der Waals surface area contributed by atoms with Crippen LogP contribution in [-0.2, 0) is 0 Å². The van der Waals surface area contributed by atoms with Gasteiger partial charge in [-0.05, 0) is 30.5 Å². The number of nitrogens with zero attached hydrogens (tertiary/aromatic N) is 4. The fourth-order valence-corrected chi connectivity index (χ4v) is 3.02. The molecule has 140 valence electrons. The molecule has 3 rings (SSSR count). The van der Waals surface area contributed by atoms with Gasteiger partial charge in [0.15, 0.2) is 16.6 Å². The molecule has 0 spiro atoms. The summed E-state index contributed by atoms with van der Waals surface area (Å²) in [5.41, 5.74) is -1.03. The lowest BCUT2D eigenvalue weighted by Gasteiger charge is -2.18. The van der Waals surface area contributed by atoms with Gasteiger partial charge < -0.3 is 5.11 Å². The topological polar surface area (TPSA) is 111 Å². The van der Waals surface area contributed by atoms with Gasteiger partial charge in [0.05, 0.1) is 21.7 Å². The van der Waals surface area contributed by atoms with Crippen LogP contribution in [-0.4, -0.2) is 24.6 Å². The third-order valence-corrected chi connectivity index (χ3v) is 4.38. The molecule has 0 fully saturated rings. The largest absolute Gasteiger partial charge is 0.501 e. The summed E-state index contributed by atoms with van der Waals surface area (Å²) in [6, 6.07) is 2.44. The Balaban J connectivity index is 2.64. The van der Waals surface area contributed by atoms with E-state index in [-0.39, 0.29) is 22.6 Å². The number of aromatic nitrogens is 3. The van der Waals surface area contributed by atoms with E-state index < -0.39 is 32.9 Å². The monoisotopic (exact) mass is 392 g/mol. The van der Waals surface area contributed by atoms with E-state index >= 15 is 0 Å². The summed E-state index contributed by atoms with van der Waals surface area (Å²) in [7, 11) is 0. The molecule has 0 atom stereocenters. The van der Waals surface area contributed by atoms with Crippen LogP contribution in [0.4, 0.5) is 10.1 Å². The van der Waals surface area contributed by atoms with Crippen molar-refractivity contribution in [3.05, 3.63) is 61.0 Å². The van der Waals surface area contributed by atoms with Crippen LogP contribution in [0.15, 0.2) is 23.1 Å². The first kappa shape index (κ1) is 18.7. The summed E-state index contributed by atoms with van der Waals surface area (Å²) >= 11 is 5.76. The SMILES string of the molecule is Cc1ccnc(C(C)C)c1-n1c(=O)c([N+](=O)[O-])c(O)c2cc(F)c(Cl)nc21. The number of pyridine rings is 3. The molecule has 0 saturated heterocycles. The van der Waals surface area contributed by atoms with E-state index in [9.17, 15) is 24.4 Å². The number of nitro groups is 1. The standard InChI is InChI=1S/C17H14ClFN4O4/c1-7(2)11-12(8(3)4-5-20-11)22-16-9(6-10(19)15(18)21-16)14(24)13(17(22)25)23(26)27/h4-7,24H,1-3H3. The second kappa shape index (κ2) is 6.58. The molecule has 3 heterocycles. The summed E-state index contributed by atoms with van der Waals surface area (Å²) in [6.07, 6.45) is 1.55. The number of rotatable bonds is 3. The minimum absolute atomic E-state index is 0.134. The van der Waals surface area contributed by atoms with Crippen LogP contribution >= 0.6 is 11.6 Å². The number of aryl methyl sites for hydroxylation is 1. The Bertz CT molecular complexity index is 1160. The van der Waals surface area contributed by atoms with E-state index in [1.165, 1.54) is 0 Å². The summed E-state index contributed by atoms with van der Waals surface area (Å²) in [5, 5.41) is 20.8. The maximum Gasteiger partial charge on any atom is 0.376 e. The molecule has 1 N–H and O–H groups in total. The van der Waals surface area contributed by atoms with Crippen molar-refractivity contribution >= 4 is 28.3 Å². The quantitative estimate of drug-likeness (QED) is 0.414. The highest BCUT2D eigenvalue weighted by Gasteiger charge is 2.30. The van der Waals surface area contributed by atoms with Crippen LogP contribution in [0.5, 0.6) is 5.75 Å². The summed E-state index contributed by atoms with van der Waals surface area (Å²) < 4.78 is 14.9. The Morgan fingerprint density at radius 2 is 2.07 bits per heavy atom. The predicted molar refractivity (Wildman–Crippen MR) is 97.2 cm³/mol. The second-order valence-electron chi connectivity index (χ2n) is 6.24. The van der Waals surface area contributed by atoms with Gasteiger partial charge in [0.2, 0.25) is 5.75 Å². The molecule has 0 aliphatic carbocycles. The molecule has 0 saturated carbocycles. The normalized spacial score (nSPS) is 11.3. The van der Waals surface area contributed by atoms with Crippen molar-refractivity contribution in [2.45, 2.75) is 26.7 Å². The van der Waals surface area contributed by atoms with E-state index in [1.807, 2.05) is 13.8 Å². The zero-order chi connectivity index (χ0) is 20.0. The third kappa shape index (κ3) is 2.89. The average Bonchev–Trinajstić information content (AvgIpc) is 2.57. The van der Waals surface area contributed by atoms with Crippen molar-refractivity contribution in [3.63, 3.8) is 0 Å². The molecule has 0 aliphatic heterocycles. The van der Waals surface area contributed by atoms with Gasteiger partial charge in [-0.3, -0.25) is 24.5 Å². The molecule has 0 aromatic carbocycles. The lowest BCUT2D eigenvalue weighted by Crippen LogP contribution is -2.25. The zero-order valence-corrected chi connectivity index (χ0v) is 15.3. The summed E-state index contributed by atoms with van der Waals surface area (Å²) in [4.78, 5) is 31.4.